The number of benzene rings is 1. The Balaban J connectivity index is 3.05. The van der Waals surface area contributed by atoms with E-state index in [0.29, 0.717) is 0 Å². The highest BCUT2D eigenvalue weighted by atomic mass is 32.2. The summed E-state index contributed by atoms with van der Waals surface area (Å²) in [6.45, 7) is 0. The molecule has 1 aromatic rings. The van der Waals surface area contributed by atoms with Gasteiger partial charge in [0.1, 0.15) is 0 Å². The van der Waals surface area contributed by atoms with Gasteiger partial charge < -0.3 is 5.11 Å². The molecule has 0 spiro atoms. The van der Waals surface area contributed by atoms with Crippen molar-refractivity contribution in [3.05, 3.63) is 24.3 Å². The first-order valence-corrected chi connectivity index (χ1v) is 8.42. The van der Waals surface area contributed by atoms with Crippen molar-refractivity contribution in [1.29, 1.82) is 0 Å². The average Bonchev–Trinajstić information content (AvgIpc) is 2.16. The molecule has 106 valence electrons. The van der Waals surface area contributed by atoms with E-state index < -0.39 is 31.8 Å². The molecule has 0 heterocycles. The number of rotatable bonds is 6. The molecule has 8 nitrogen and oxygen atoms in total. The normalized spacial score (nSPS) is 11.8. The summed E-state index contributed by atoms with van der Waals surface area (Å²) in [6, 6.07) is 5.64. The number of carbonyl (C=O) groups is 1. The highest BCUT2D eigenvalue weighted by molar-refractivity contribution is 7.93. The molecule has 0 aliphatic rings. The molecule has 19 heavy (non-hydrogen) atoms. The smallest absolute Gasteiger partial charge is 0.320 e. The van der Waals surface area contributed by atoms with E-state index in [0.717, 1.165) is 6.26 Å². The summed E-state index contributed by atoms with van der Waals surface area (Å²) < 4.78 is 49.3. The quantitative estimate of drug-likeness (QED) is 0.672. The Bertz CT molecular complexity index is 680. The fourth-order valence-corrected chi connectivity index (χ4v) is 2.71. The van der Waals surface area contributed by atoms with E-state index in [1.807, 2.05) is 4.72 Å². The van der Waals surface area contributed by atoms with Gasteiger partial charge >= 0.3 is 5.97 Å². The first-order chi connectivity index (χ1) is 8.59. The molecule has 0 saturated carbocycles. The molecule has 1 aromatic carbocycles. The second kappa shape index (κ2) is 5.45. The first kappa shape index (κ1) is 15.2. The molecule has 0 fully saturated rings. The topological polar surface area (TPSA) is 130 Å². The predicted molar refractivity (Wildman–Crippen MR) is 70.0 cm³/mol. The molecular formula is C9H12N2O6S2. The van der Waals surface area contributed by atoms with Crippen molar-refractivity contribution < 1.29 is 26.7 Å². The van der Waals surface area contributed by atoms with Gasteiger partial charge in [-0.1, -0.05) is 12.1 Å². The Hall–Kier alpha value is -1.81. The van der Waals surface area contributed by atoms with E-state index in [4.69, 9.17) is 5.11 Å². The second-order valence-corrected chi connectivity index (χ2v) is 7.15. The number of sulfonamides is 2. The number of hydrogen-bond donors (Lipinski definition) is 3. The molecule has 1 rings (SSSR count). The van der Waals surface area contributed by atoms with Gasteiger partial charge in [0.2, 0.25) is 20.0 Å². The predicted octanol–water partition coefficient (Wildman–Crippen LogP) is -0.116. The van der Waals surface area contributed by atoms with E-state index in [9.17, 15) is 21.6 Å². The molecular weight excluding hydrogens is 296 g/mol. The minimum absolute atomic E-state index is 0.0129. The Morgan fingerprint density at radius 1 is 1.11 bits per heavy atom. The average molecular weight is 308 g/mol. The zero-order chi connectivity index (χ0) is 14.7. The van der Waals surface area contributed by atoms with Crippen LogP contribution in [0, 0.1) is 0 Å². The van der Waals surface area contributed by atoms with E-state index >= 15 is 0 Å². The van der Waals surface area contributed by atoms with Crippen molar-refractivity contribution in [1.82, 2.24) is 0 Å². The molecule has 10 heteroatoms. The lowest BCUT2D eigenvalue weighted by molar-refractivity contribution is -0.134. The summed E-state index contributed by atoms with van der Waals surface area (Å²) in [4.78, 5) is 10.4. The van der Waals surface area contributed by atoms with Crippen LogP contribution in [-0.2, 0) is 24.8 Å². The second-order valence-electron chi connectivity index (χ2n) is 3.67. The van der Waals surface area contributed by atoms with Gasteiger partial charge in [0.15, 0.2) is 5.75 Å². The molecule has 0 aliphatic heterocycles. The van der Waals surface area contributed by atoms with Crippen molar-refractivity contribution in [2.24, 2.45) is 0 Å². The molecule has 0 aliphatic carbocycles. The largest absolute Gasteiger partial charge is 0.480 e. The SMILES string of the molecule is CS(=O)(=O)Nc1ccccc1NS(=O)(=O)CC(=O)O. The maximum absolute atomic E-state index is 11.5. The van der Waals surface area contributed by atoms with Crippen LogP contribution in [0.3, 0.4) is 0 Å². The van der Waals surface area contributed by atoms with Crippen molar-refractivity contribution >= 4 is 37.4 Å². The summed E-state index contributed by atoms with van der Waals surface area (Å²) >= 11 is 0. The zero-order valence-electron chi connectivity index (χ0n) is 9.82. The van der Waals surface area contributed by atoms with Crippen molar-refractivity contribution in [3.8, 4) is 0 Å². The molecule has 0 radical (unpaired) electrons. The summed E-state index contributed by atoms with van der Waals surface area (Å²) in [6.07, 6.45) is 0.912. The lowest BCUT2D eigenvalue weighted by atomic mass is 10.3. The molecule has 0 saturated heterocycles. The zero-order valence-corrected chi connectivity index (χ0v) is 11.5. The van der Waals surface area contributed by atoms with Crippen LogP contribution in [0.4, 0.5) is 11.4 Å². The Labute approximate surface area is 110 Å². The van der Waals surface area contributed by atoms with Gasteiger partial charge in [-0.15, -0.1) is 0 Å². The molecule has 0 unspecified atom stereocenters. The number of carboxylic acid groups (broad SMARTS) is 1. The number of nitrogens with one attached hydrogen (secondary N) is 2. The molecule has 0 aromatic heterocycles. The van der Waals surface area contributed by atoms with Gasteiger partial charge in [-0.25, -0.2) is 16.8 Å². The fourth-order valence-electron chi connectivity index (χ4n) is 1.23. The van der Waals surface area contributed by atoms with Gasteiger partial charge in [0, 0.05) is 0 Å². The van der Waals surface area contributed by atoms with Crippen molar-refractivity contribution in [2.45, 2.75) is 0 Å². The van der Waals surface area contributed by atoms with Gasteiger partial charge in [0.25, 0.3) is 0 Å². The van der Waals surface area contributed by atoms with Crippen LogP contribution in [-0.4, -0.2) is 39.9 Å². The number of aliphatic carboxylic acids is 1. The van der Waals surface area contributed by atoms with Crippen molar-refractivity contribution in [2.75, 3.05) is 21.5 Å². The summed E-state index contributed by atoms with van der Waals surface area (Å²) in [7, 11) is -7.68. The Morgan fingerprint density at radius 3 is 2.00 bits per heavy atom. The first-order valence-electron chi connectivity index (χ1n) is 4.88. The summed E-state index contributed by atoms with van der Waals surface area (Å²) in [5, 5.41) is 8.45. The van der Waals surface area contributed by atoms with Crippen LogP contribution < -0.4 is 9.44 Å². The lowest BCUT2D eigenvalue weighted by Gasteiger charge is -2.12. The van der Waals surface area contributed by atoms with Gasteiger partial charge in [-0.05, 0) is 12.1 Å². The highest BCUT2D eigenvalue weighted by Gasteiger charge is 2.17. The van der Waals surface area contributed by atoms with Crippen LogP contribution >= 0.6 is 0 Å². The van der Waals surface area contributed by atoms with Gasteiger partial charge in [-0.3, -0.25) is 14.2 Å². The summed E-state index contributed by atoms with van der Waals surface area (Å²) in [5.74, 6) is -2.62. The van der Waals surface area contributed by atoms with Crippen LogP contribution in [0.25, 0.3) is 0 Å². The molecule has 0 bridgehead atoms. The standard InChI is InChI=1S/C9H12N2O6S2/c1-18(14,15)10-7-4-2-3-5-8(7)11-19(16,17)6-9(12)13/h2-5,10-11H,6H2,1H3,(H,12,13). The van der Waals surface area contributed by atoms with E-state index in [-0.39, 0.29) is 11.4 Å². The maximum Gasteiger partial charge on any atom is 0.320 e. The highest BCUT2D eigenvalue weighted by Crippen LogP contribution is 2.23. The Morgan fingerprint density at radius 2 is 1.58 bits per heavy atom. The number of hydrogen-bond acceptors (Lipinski definition) is 5. The van der Waals surface area contributed by atoms with E-state index in [1.165, 1.54) is 24.3 Å². The number of carboxylic acids is 1. The van der Waals surface area contributed by atoms with Crippen LogP contribution in [0.2, 0.25) is 0 Å². The fraction of sp³-hybridized carbons (Fsp3) is 0.222. The molecule has 3 N–H and O–H groups in total. The Kier molecular flexibility index (Phi) is 4.37. The number of para-hydroxylation sites is 2. The third-order valence-electron chi connectivity index (χ3n) is 1.80. The molecule has 0 amide bonds. The van der Waals surface area contributed by atoms with Crippen LogP contribution in [0.5, 0.6) is 0 Å². The third kappa shape index (κ3) is 5.57. The summed E-state index contributed by atoms with van der Waals surface area (Å²) in [5.41, 5.74) is -0.0341. The van der Waals surface area contributed by atoms with Gasteiger partial charge in [0.05, 0.1) is 17.6 Å². The van der Waals surface area contributed by atoms with Gasteiger partial charge in [-0.2, -0.15) is 0 Å². The van der Waals surface area contributed by atoms with Crippen LogP contribution in [0.15, 0.2) is 24.3 Å². The molecule has 0 atom stereocenters. The number of anilines is 2. The monoisotopic (exact) mass is 308 g/mol. The maximum atomic E-state index is 11.5. The van der Waals surface area contributed by atoms with E-state index in [2.05, 4.69) is 4.72 Å². The van der Waals surface area contributed by atoms with Crippen LogP contribution in [0.1, 0.15) is 0 Å². The lowest BCUT2D eigenvalue weighted by Crippen LogP contribution is -2.23. The van der Waals surface area contributed by atoms with E-state index in [1.54, 1.807) is 0 Å². The third-order valence-corrected chi connectivity index (χ3v) is 3.55. The minimum Gasteiger partial charge on any atom is -0.480 e. The minimum atomic E-state index is -4.10. The van der Waals surface area contributed by atoms with Crippen molar-refractivity contribution in [3.63, 3.8) is 0 Å².